The van der Waals surface area contributed by atoms with Crippen LogP contribution in [0.15, 0.2) is 65.7 Å². The van der Waals surface area contributed by atoms with Crippen molar-refractivity contribution in [1.82, 2.24) is 23.9 Å². The zero-order chi connectivity index (χ0) is 27.0. The molecule has 0 radical (unpaired) electrons. The Balaban J connectivity index is 1.33. The van der Waals surface area contributed by atoms with E-state index in [1.54, 1.807) is 56.3 Å². The number of anilines is 1. The van der Waals surface area contributed by atoms with Gasteiger partial charge in [0.05, 0.1) is 5.69 Å². The van der Waals surface area contributed by atoms with Crippen molar-refractivity contribution < 1.29 is 9.18 Å². The number of alkyl halides is 1. The quantitative estimate of drug-likeness (QED) is 0.422. The first-order valence-corrected chi connectivity index (χ1v) is 12.8. The average Bonchev–Trinajstić information content (AvgIpc) is 3.23. The van der Waals surface area contributed by atoms with Gasteiger partial charge in [0, 0.05) is 88.0 Å². The predicted molar refractivity (Wildman–Crippen MR) is 148 cm³/mol. The molecule has 198 valence electrons. The number of nitrogens with zero attached hydrogens (tertiary/aromatic N) is 5. The zero-order valence-corrected chi connectivity index (χ0v) is 22.2. The van der Waals surface area contributed by atoms with E-state index < -0.39 is 6.17 Å². The van der Waals surface area contributed by atoms with Crippen LogP contribution in [0.25, 0.3) is 16.7 Å². The molecule has 0 spiro atoms. The number of halogens is 1. The number of rotatable bonds is 6. The molecule has 0 saturated carbocycles. The summed E-state index contributed by atoms with van der Waals surface area (Å²) in [6, 6.07) is 14.6. The van der Waals surface area contributed by atoms with E-state index in [9.17, 15) is 9.59 Å². The van der Waals surface area contributed by atoms with Crippen molar-refractivity contribution in [3.63, 3.8) is 0 Å². The van der Waals surface area contributed by atoms with E-state index in [0.717, 1.165) is 40.2 Å². The highest BCUT2D eigenvalue weighted by Crippen LogP contribution is 2.32. The molecule has 3 aromatic heterocycles. The molecular weight excluding hydrogens is 483 g/mol. The maximum atomic E-state index is 15.4. The highest BCUT2D eigenvalue weighted by atomic mass is 19.1. The molecule has 1 fully saturated rings. The van der Waals surface area contributed by atoms with Gasteiger partial charge in [0.25, 0.3) is 11.5 Å². The molecule has 1 aromatic carbocycles. The standard InChI is InChI=1S/C29H33FN6O2/c1-31-21-10-14-36(27(37)15-21)26-9-12-32-28-24(26)16-22(34(28)4)17-35-13-11-23(25(30)18-35)19-5-7-20(8-6-19)29(38)33(2)3/h5-10,12,14-16,23,25,31H,11,13,17-18H2,1-4H3/t23?,25-/m1/s1. The third-order valence-electron chi connectivity index (χ3n) is 7.48. The second-order valence-corrected chi connectivity index (χ2v) is 10.1. The van der Waals surface area contributed by atoms with Gasteiger partial charge in [0.15, 0.2) is 0 Å². The van der Waals surface area contributed by atoms with Gasteiger partial charge in [-0.3, -0.25) is 19.1 Å². The van der Waals surface area contributed by atoms with Crippen molar-refractivity contribution in [3.8, 4) is 5.69 Å². The summed E-state index contributed by atoms with van der Waals surface area (Å²) in [4.78, 5) is 33.1. The minimum atomic E-state index is -1.01. The Labute approximate surface area is 221 Å². The molecule has 1 aliphatic rings. The van der Waals surface area contributed by atoms with Crippen molar-refractivity contribution >= 4 is 22.6 Å². The second kappa shape index (κ2) is 10.4. The van der Waals surface area contributed by atoms with Crippen LogP contribution in [0.5, 0.6) is 0 Å². The van der Waals surface area contributed by atoms with Crippen LogP contribution in [-0.4, -0.2) is 70.2 Å². The molecule has 1 amide bonds. The molecule has 1 aliphatic heterocycles. The molecule has 1 saturated heterocycles. The van der Waals surface area contributed by atoms with E-state index in [4.69, 9.17) is 0 Å². The number of hydrogen-bond acceptors (Lipinski definition) is 5. The lowest BCUT2D eigenvalue weighted by atomic mass is 9.87. The first-order chi connectivity index (χ1) is 18.3. The maximum absolute atomic E-state index is 15.4. The number of pyridine rings is 2. The van der Waals surface area contributed by atoms with E-state index in [2.05, 4.69) is 21.3 Å². The summed E-state index contributed by atoms with van der Waals surface area (Å²) in [5.41, 5.74) is 4.72. The minimum absolute atomic E-state index is 0.0596. The number of fused-ring (bicyclic) bond motifs is 1. The van der Waals surface area contributed by atoms with E-state index in [1.165, 1.54) is 4.90 Å². The highest BCUT2D eigenvalue weighted by Gasteiger charge is 2.31. The van der Waals surface area contributed by atoms with Crippen molar-refractivity contribution in [2.24, 2.45) is 7.05 Å². The molecular formula is C29H33FN6O2. The van der Waals surface area contributed by atoms with Crippen molar-refractivity contribution in [3.05, 3.63) is 88.1 Å². The number of piperidine rings is 1. The number of carbonyl (C=O) groups is 1. The van der Waals surface area contributed by atoms with Gasteiger partial charge in [0.1, 0.15) is 11.8 Å². The number of carbonyl (C=O) groups excluding carboxylic acids is 1. The molecule has 4 aromatic rings. The summed E-state index contributed by atoms with van der Waals surface area (Å²) in [7, 11) is 7.18. The van der Waals surface area contributed by atoms with Gasteiger partial charge in [-0.05, 0) is 48.9 Å². The molecule has 5 rings (SSSR count). The largest absolute Gasteiger partial charge is 0.388 e. The summed E-state index contributed by atoms with van der Waals surface area (Å²) in [6.07, 6.45) is 3.16. The van der Waals surface area contributed by atoms with Gasteiger partial charge in [-0.1, -0.05) is 12.1 Å². The van der Waals surface area contributed by atoms with E-state index in [1.807, 2.05) is 35.9 Å². The van der Waals surface area contributed by atoms with Crippen LogP contribution in [0, 0.1) is 0 Å². The molecule has 4 heterocycles. The van der Waals surface area contributed by atoms with Crippen LogP contribution >= 0.6 is 0 Å². The van der Waals surface area contributed by atoms with Crippen LogP contribution in [0.1, 0.15) is 34.0 Å². The van der Waals surface area contributed by atoms with Crippen molar-refractivity contribution in [1.29, 1.82) is 0 Å². The molecule has 0 bridgehead atoms. The van der Waals surface area contributed by atoms with Crippen LogP contribution in [0.4, 0.5) is 10.1 Å². The van der Waals surface area contributed by atoms with Gasteiger partial charge in [0.2, 0.25) is 0 Å². The van der Waals surface area contributed by atoms with Crippen LogP contribution in [0.2, 0.25) is 0 Å². The molecule has 1 unspecified atom stereocenters. The Morgan fingerprint density at radius 2 is 1.92 bits per heavy atom. The summed E-state index contributed by atoms with van der Waals surface area (Å²) in [5.74, 6) is -0.251. The smallest absolute Gasteiger partial charge is 0.257 e. The summed E-state index contributed by atoms with van der Waals surface area (Å²) >= 11 is 0. The van der Waals surface area contributed by atoms with Crippen molar-refractivity contribution in [2.45, 2.75) is 25.1 Å². The normalized spacial score (nSPS) is 18.0. The van der Waals surface area contributed by atoms with Crippen LogP contribution < -0.4 is 10.9 Å². The van der Waals surface area contributed by atoms with Gasteiger partial charge >= 0.3 is 0 Å². The number of aromatic nitrogens is 3. The molecule has 0 aliphatic carbocycles. The number of nitrogens with one attached hydrogen (secondary N) is 1. The highest BCUT2D eigenvalue weighted by molar-refractivity contribution is 5.93. The molecule has 9 heteroatoms. The minimum Gasteiger partial charge on any atom is -0.388 e. The van der Waals surface area contributed by atoms with Gasteiger partial charge in [-0.25, -0.2) is 9.37 Å². The van der Waals surface area contributed by atoms with E-state index in [0.29, 0.717) is 25.1 Å². The van der Waals surface area contributed by atoms with E-state index in [-0.39, 0.29) is 17.4 Å². The van der Waals surface area contributed by atoms with Crippen molar-refractivity contribution in [2.75, 3.05) is 39.5 Å². The summed E-state index contributed by atoms with van der Waals surface area (Å²) < 4.78 is 19.0. The number of aryl methyl sites for hydroxylation is 1. The maximum Gasteiger partial charge on any atom is 0.257 e. The number of benzene rings is 1. The first-order valence-electron chi connectivity index (χ1n) is 12.8. The molecule has 38 heavy (non-hydrogen) atoms. The van der Waals surface area contributed by atoms with Crippen LogP contribution in [-0.2, 0) is 13.6 Å². The Kier molecular flexibility index (Phi) is 7.03. The summed E-state index contributed by atoms with van der Waals surface area (Å²) in [5, 5.41) is 3.87. The van der Waals surface area contributed by atoms with Gasteiger partial charge < -0.3 is 14.8 Å². The molecule has 8 nitrogen and oxygen atoms in total. The topological polar surface area (TPSA) is 75.4 Å². The lowest BCUT2D eigenvalue weighted by molar-refractivity contribution is 0.0827. The fourth-order valence-electron chi connectivity index (χ4n) is 5.30. The predicted octanol–water partition coefficient (Wildman–Crippen LogP) is 3.80. The Bertz CT molecular complexity index is 1520. The first kappa shape index (κ1) is 25.7. The molecule has 1 N–H and O–H groups in total. The number of likely N-dealkylation sites (tertiary alicyclic amines) is 1. The fourth-order valence-corrected chi connectivity index (χ4v) is 5.30. The lowest BCUT2D eigenvalue weighted by Gasteiger charge is -2.35. The number of hydrogen-bond donors (Lipinski definition) is 1. The van der Waals surface area contributed by atoms with Gasteiger partial charge in [-0.2, -0.15) is 0 Å². The third kappa shape index (κ3) is 4.81. The van der Waals surface area contributed by atoms with E-state index >= 15 is 4.39 Å². The SMILES string of the molecule is CNc1ccn(-c2ccnc3c2cc(CN2CCC(c4ccc(C(=O)N(C)C)cc4)[C@H](F)C2)n3C)c(=O)c1. The van der Waals surface area contributed by atoms with Gasteiger partial charge in [-0.15, -0.1) is 0 Å². The average molecular weight is 517 g/mol. The Hall–Kier alpha value is -3.98. The Morgan fingerprint density at radius 3 is 2.58 bits per heavy atom. The summed E-state index contributed by atoms with van der Waals surface area (Å²) in [6.45, 7) is 1.68. The lowest BCUT2D eigenvalue weighted by Crippen LogP contribution is -2.40. The zero-order valence-electron chi connectivity index (χ0n) is 22.2. The third-order valence-corrected chi connectivity index (χ3v) is 7.48. The second-order valence-electron chi connectivity index (χ2n) is 10.1. The Morgan fingerprint density at radius 1 is 1.16 bits per heavy atom. The van der Waals surface area contributed by atoms with Crippen LogP contribution in [0.3, 0.4) is 0 Å². The number of amides is 1. The monoisotopic (exact) mass is 516 g/mol. The fraction of sp³-hybridized carbons (Fsp3) is 0.345. The molecule has 2 atom stereocenters.